The SMILES string of the molecule is COCCOC(=O)c1c(NC(=O)CNCc2ccc(OC)cc2)sc(C(N)=O)c1C. The fraction of sp³-hybridized carbons (Fsp3) is 0.350. The lowest BCUT2D eigenvalue weighted by Crippen LogP contribution is -2.28. The van der Waals surface area contributed by atoms with Crippen molar-refractivity contribution in [3.63, 3.8) is 0 Å². The van der Waals surface area contributed by atoms with E-state index in [1.165, 1.54) is 7.11 Å². The summed E-state index contributed by atoms with van der Waals surface area (Å²) < 4.78 is 15.1. The summed E-state index contributed by atoms with van der Waals surface area (Å²) in [7, 11) is 3.08. The third-order valence-corrected chi connectivity index (χ3v) is 5.34. The van der Waals surface area contributed by atoms with Crippen molar-refractivity contribution in [3.05, 3.63) is 45.8 Å². The van der Waals surface area contributed by atoms with Gasteiger partial charge in [-0.1, -0.05) is 12.1 Å². The number of thiophene rings is 1. The molecule has 0 fully saturated rings. The Morgan fingerprint density at radius 1 is 1.10 bits per heavy atom. The molecule has 0 aliphatic heterocycles. The minimum atomic E-state index is -0.679. The molecule has 10 heteroatoms. The predicted molar refractivity (Wildman–Crippen MR) is 113 cm³/mol. The van der Waals surface area contributed by atoms with Gasteiger partial charge in [-0.2, -0.15) is 0 Å². The van der Waals surface area contributed by atoms with Crippen molar-refractivity contribution < 1.29 is 28.6 Å². The lowest BCUT2D eigenvalue weighted by atomic mass is 10.1. The number of hydrogen-bond acceptors (Lipinski definition) is 8. The molecule has 0 bridgehead atoms. The van der Waals surface area contributed by atoms with E-state index in [2.05, 4.69) is 10.6 Å². The number of carbonyl (C=O) groups is 3. The molecule has 0 atom stereocenters. The van der Waals surface area contributed by atoms with Gasteiger partial charge in [-0.3, -0.25) is 9.59 Å². The molecule has 1 aromatic carbocycles. The molecular weight excluding hydrogens is 410 g/mol. The van der Waals surface area contributed by atoms with Crippen LogP contribution in [-0.4, -0.2) is 51.8 Å². The first-order valence-electron chi connectivity index (χ1n) is 9.10. The molecule has 1 aromatic heterocycles. The van der Waals surface area contributed by atoms with E-state index in [4.69, 9.17) is 19.9 Å². The smallest absolute Gasteiger partial charge is 0.341 e. The van der Waals surface area contributed by atoms with Crippen LogP contribution in [0.5, 0.6) is 5.75 Å². The van der Waals surface area contributed by atoms with Crippen LogP contribution in [0.2, 0.25) is 0 Å². The van der Waals surface area contributed by atoms with Gasteiger partial charge in [0.2, 0.25) is 5.91 Å². The number of primary amides is 1. The Balaban J connectivity index is 2.02. The summed E-state index contributed by atoms with van der Waals surface area (Å²) in [6, 6.07) is 7.44. The second kappa shape index (κ2) is 11.3. The Kier molecular flexibility index (Phi) is 8.78. The van der Waals surface area contributed by atoms with Crippen LogP contribution in [-0.2, 0) is 20.8 Å². The molecule has 2 rings (SSSR count). The van der Waals surface area contributed by atoms with Crippen LogP contribution in [0.15, 0.2) is 24.3 Å². The van der Waals surface area contributed by atoms with E-state index in [9.17, 15) is 14.4 Å². The number of benzene rings is 1. The summed E-state index contributed by atoms with van der Waals surface area (Å²) in [4.78, 5) is 36.6. The molecule has 1 heterocycles. The van der Waals surface area contributed by atoms with Gasteiger partial charge in [0.15, 0.2) is 0 Å². The van der Waals surface area contributed by atoms with Crippen LogP contribution < -0.4 is 21.1 Å². The van der Waals surface area contributed by atoms with Crippen LogP contribution >= 0.6 is 11.3 Å². The fourth-order valence-corrected chi connectivity index (χ4v) is 3.67. The summed E-state index contributed by atoms with van der Waals surface area (Å²) in [5.74, 6) is -0.956. The van der Waals surface area contributed by atoms with Crippen LogP contribution in [0.25, 0.3) is 0 Å². The van der Waals surface area contributed by atoms with E-state index < -0.39 is 11.9 Å². The first-order valence-corrected chi connectivity index (χ1v) is 9.91. The van der Waals surface area contributed by atoms with E-state index in [-0.39, 0.29) is 41.1 Å². The molecule has 0 aliphatic rings. The molecule has 0 spiro atoms. The zero-order chi connectivity index (χ0) is 22.1. The predicted octanol–water partition coefficient (Wildman–Crippen LogP) is 1.70. The number of nitrogens with two attached hydrogens (primary N) is 1. The van der Waals surface area contributed by atoms with Crippen LogP contribution in [0.1, 0.15) is 31.2 Å². The van der Waals surface area contributed by atoms with E-state index in [1.807, 2.05) is 24.3 Å². The summed E-state index contributed by atoms with van der Waals surface area (Å²) in [5.41, 5.74) is 6.85. The summed E-state index contributed by atoms with van der Waals surface area (Å²) in [6.07, 6.45) is 0. The number of carbonyl (C=O) groups excluding carboxylic acids is 3. The zero-order valence-corrected chi connectivity index (χ0v) is 17.9. The highest BCUT2D eigenvalue weighted by Gasteiger charge is 2.25. The minimum absolute atomic E-state index is 0.00699. The number of ether oxygens (including phenoxy) is 3. The van der Waals surface area contributed by atoms with E-state index in [0.29, 0.717) is 12.1 Å². The summed E-state index contributed by atoms with van der Waals surface area (Å²) in [5, 5.41) is 5.90. The van der Waals surface area contributed by atoms with Crippen LogP contribution in [0.4, 0.5) is 5.00 Å². The van der Waals surface area contributed by atoms with Gasteiger partial charge in [-0.15, -0.1) is 11.3 Å². The molecule has 0 saturated heterocycles. The number of methoxy groups -OCH3 is 2. The Morgan fingerprint density at radius 2 is 1.80 bits per heavy atom. The molecule has 2 amide bonds. The molecule has 4 N–H and O–H groups in total. The van der Waals surface area contributed by atoms with Crippen molar-refractivity contribution in [2.45, 2.75) is 13.5 Å². The topological polar surface area (TPSA) is 129 Å². The first-order chi connectivity index (χ1) is 14.4. The van der Waals surface area contributed by atoms with Gasteiger partial charge in [-0.25, -0.2) is 4.79 Å². The molecule has 0 unspecified atom stereocenters. The van der Waals surface area contributed by atoms with E-state index in [1.54, 1.807) is 14.0 Å². The highest BCUT2D eigenvalue weighted by molar-refractivity contribution is 7.18. The van der Waals surface area contributed by atoms with Gasteiger partial charge in [0.25, 0.3) is 5.91 Å². The average molecular weight is 436 g/mol. The maximum Gasteiger partial charge on any atom is 0.341 e. The molecule has 9 nitrogen and oxygen atoms in total. The number of hydrogen-bond donors (Lipinski definition) is 3. The Bertz CT molecular complexity index is 895. The Labute approximate surface area is 178 Å². The molecule has 162 valence electrons. The Hall–Kier alpha value is -2.95. The van der Waals surface area contributed by atoms with E-state index in [0.717, 1.165) is 22.6 Å². The quantitative estimate of drug-likeness (QED) is 0.362. The summed E-state index contributed by atoms with van der Waals surface area (Å²) in [6.45, 7) is 2.34. The number of anilines is 1. The van der Waals surface area contributed by atoms with Crippen molar-refractivity contribution in [3.8, 4) is 5.75 Å². The average Bonchev–Trinajstić information content (AvgIpc) is 3.04. The van der Waals surface area contributed by atoms with E-state index >= 15 is 0 Å². The maximum atomic E-state index is 12.4. The zero-order valence-electron chi connectivity index (χ0n) is 17.1. The second-order valence-corrected chi connectivity index (χ2v) is 7.27. The third kappa shape index (κ3) is 6.28. The monoisotopic (exact) mass is 435 g/mol. The van der Waals surface area contributed by atoms with Crippen molar-refractivity contribution in [1.82, 2.24) is 5.32 Å². The molecule has 0 saturated carbocycles. The van der Waals surface area contributed by atoms with Crippen molar-refractivity contribution in [2.24, 2.45) is 5.73 Å². The van der Waals surface area contributed by atoms with Gasteiger partial charge >= 0.3 is 5.97 Å². The van der Waals surface area contributed by atoms with Gasteiger partial charge < -0.3 is 30.6 Å². The van der Waals surface area contributed by atoms with Crippen LogP contribution in [0.3, 0.4) is 0 Å². The number of nitrogens with one attached hydrogen (secondary N) is 2. The minimum Gasteiger partial charge on any atom is -0.497 e. The highest BCUT2D eigenvalue weighted by atomic mass is 32.1. The normalized spacial score (nSPS) is 10.5. The molecule has 0 aliphatic carbocycles. The lowest BCUT2D eigenvalue weighted by molar-refractivity contribution is -0.115. The molecule has 2 aromatic rings. The molecule has 0 radical (unpaired) electrons. The van der Waals surface area contributed by atoms with Crippen molar-refractivity contribution >= 4 is 34.1 Å². The van der Waals surface area contributed by atoms with Gasteiger partial charge in [0.05, 0.1) is 30.7 Å². The van der Waals surface area contributed by atoms with Crippen molar-refractivity contribution in [1.29, 1.82) is 0 Å². The molecular formula is C20H25N3O6S. The second-order valence-electron chi connectivity index (χ2n) is 6.25. The lowest BCUT2D eigenvalue weighted by Gasteiger charge is -2.09. The number of amides is 2. The van der Waals surface area contributed by atoms with Gasteiger partial charge in [0, 0.05) is 13.7 Å². The fourth-order valence-electron chi connectivity index (χ4n) is 2.61. The van der Waals surface area contributed by atoms with Crippen molar-refractivity contribution in [2.75, 3.05) is 39.3 Å². The molecule has 30 heavy (non-hydrogen) atoms. The standard InChI is InChI=1S/C20H25N3O6S/c1-12-16(20(26)29-9-8-27-2)19(30-17(12)18(21)25)23-15(24)11-22-10-13-4-6-14(28-3)7-5-13/h4-7,22H,8-11H2,1-3H3,(H2,21,25)(H,23,24). The Morgan fingerprint density at radius 3 is 2.40 bits per heavy atom. The third-order valence-electron chi connectivity index (χ3n) is 4.12. The van der Waals surface area contributed by atoms with Gasteiger partial charge in [0.1, 0.15) is 17.4 Å². The highest BCUT2D eigenvalue weighted by Crippen LogP contribution is 2.33. The summed E-state index contributed by atoms with van der Waals surface area (Å²) >= 11 is 0.944. The first kappa shape index (κ1) is 23.3. The van der Waals surface area contributed by atoms with Crippen LogP contribution in [0, 0.1) is 6.92 Å². The van der Waals surface area contributed by atoms with Gasteiger partial charge in [-0.05, 0) is 30.2 Å². The number of esters is 1. The maximum absolute atomic E-state index is 12.4. The largest absolute Gasteiger partial charge is 0.497 e. The number of rotatable bonds is 11.